The van der Waals surface area contributed by atoms with Gasteiger partial charge in [0.15, 0.2) is 0 Å². The summed E-state index contributed by atoms with van der Waals surface area (Å²) in [6.45, 7) is 4.05. The van der Waals surface area contributed by atoms with Crippen LogP contribution in [-0.2, 0) is 4.79 Å². The second-order valence-electron chi connectivity index (χ2n) is 2.44. The molecule has 0 aromatic heterocycles. The number of carbonyl (C=O) groups is 1. The summed E-state index contributed by atoms with van der Waals surface area (Å²) in [7, 11) is 0. The van der Waals surface area contributed by atoms with Gasteiger partial charge in [-0.05, 0) is 5.57 Å². The molecule has 1 nitrogen and oxygen atoms in total. The second-order valence-corrected chi connectivity index (χ2v) is 2.44. The van der Waals surface area contributed by atoms with Crippen LogP contribution in [0.5, 0.6) is 0 Å². The molecule has 0 heterocycles. The largest absolute Gasteiger partial charge is 0.298 e. The van der Waals surface area contributed by atoms with Gasteiger partial charge in [0.2, 0.25) is 0 Å². The van der Waals surface area contributed by atoms with Crippen molar-refractivity contribution in [3.63, 3.8) is 0 Å². The summed E-state index contributed by atoms with van der Waals surface area (Å²) in [6, 6.07) is 0. The van der Waals surface area contributed by atoms with Crippen molar-refractivity contribution < 1.29 is 4.79 Å². The zero-order valence-corrected chi connectivity index (χ0v) is 4.56. The lowest BCUT2D eigenvalue weighted by atomic mass is 10.1. The maximum absolute atomic E-state index is 9.91. The first-order valence-corrected chi connectivity index (χ1v) is 2.35. The van der Waals surface area contributed by atoms with Gasteiger partial charge in [-0.3, -0.25) is 4.79 Å². The first kappa shape index (κ1) is 4.57. The van der Waals surface area contributed by atoms with E-state index in [1.165, 1.54) is 0 Å². The molecule has 38 valence electrons. The van der Waals surface area contributed by atoms with Gasteiger partial charge in [0.1, 0.15) is 6.29 Å². The van der Waals surface area contributed by atoms with Crippen LogP contribution >= 0.6 is 0 Å². The second kappa shape index (κ2) is 0.971. The number of allylic oxidation sites excluding steroid dienone is 2. The van der Waals surface area contributed by atoms with E-state index in [4.69, 9.17) is 0 Å². The van der Waals surface area contributed by atoms with Crippen LogP contribution in [0.1, 0.15) is 13.8 Å². The van der Waals surface area contributed by atoms with Gasteiger partial charge in [0.25, 0.3) is 0 Å². The molecule has 7 heavy (non-hydrogen) atoms. The van der Waals surface area contributed by atoms with Crippen molar-refractivity contribution in [2.75, 3.05) is 0 Å². The predicted octanol–water partition coefficient (Wildman–Crippen LogP) is 1.15. The van der Waals surface area contributed by atoms with Gasteiger partial charge in [-0.25, -0.2) is 0 Å². The summed E-state index contributed by atoms with van der Waals surface area (Å²) in [5.74, 6) is 0. The molecule has 0 spiro atoms. The third kappa shape index (κ3) is 0.581. The first-order chi connectivity index (χ1) is 3.17. The van der Waals surface area contributed by atoms with Crippen molar-refractivity contribution in [1.82, 2.24) is 0 Å². The Morgan fingerprint density at radius 2 is 2.14 bits per heavy atom. The van der Waals surface area contributed by atoms with Crippen LogP contribution in [-0.4, -0.2) is 6.29 Å². The fourth-order valence-corrected chi connectivity index (χ4v) is 0.539. The molecular formula is C6H8O. The van der Waals surface area contributed by atoms with Crippen LogP contribution in [0.15, 0.2) is 11.6 Å². The van der Waals surface area contributed by atoms with Crippen molar-refractivity contribution in [3.05, 3.63) is 11.6 Å². The molecule has 1 rings (SSSR count). The molecule has 0 unspecified atom stereocenters. The van der Waals surface area contributed by atoms with Crippen molar-refractivity contribution >= 4 is 6.29 Å². The Hall–Kier alpha value is -0.590. The summed E-state index contributed by atoms with van der Waals surface area (Å²) in [6.07, 6.45) is 2.88. The van der Waals surface area contributed by atoms with E-state index in [-0.39, 0.29) is 5.41 Å². The number of hydrogen-bond donors (Lipinski definition) is 0. The predicted molar refractivity (Wildman–Crippen MR) is 27.9 cm³/mol. The van der Waals surface area contributed by atoms with Gasteiger partial charge < -0.3 is 0 Å². The molecular weight excluding hydrogens is 88.1 g/mol. The third-order valence-electron chi connectivity index (χ3n) is 1.30. The molecule has 0 amide bonds. The lowest BCUT2D eigenvalue weighted by Gasteiger charge is -1.93. The van der Waals surface area contributed by atoms with Gasteiger partial charge in [-0.1, -0.05) is 19.9 Å². The Bertz CT molecular complexity index is 131. The van der Waals surface area contributed by atoms with E-state index in [9.17, 15) is 4.79 Å². The first-order valence-electron chi connectivity index (χ1n) is 2.35. The SMILES string of the molecule is CC1(C)C=C1C=O. The van der Waals surface area contributed by atoms with Gasteiger partial charge in [0.05, 0.1) is 0 Å². The molecule has 0 fully saturated rings. The minimum absolute atomic E-state index is 0.141. The molecule has 0 aromatic rings. The van der Waals surface area contributed by atoms with Crippen molar-refractivity contribution in [3.8, 4) is 0 Å². The van der Waals surface area contributed by atoms with Gasteiger partial charge in [-0.15, -0.1) is 0 Å². The molecule has 0 aliphatic heterocycles. The Morgan fingerprint density at radius 3 is 2.14 bits per heavy atom. The van der Waals surface area contributed by atoms with Gasteiger partial charge >= 0.3 is 0 Å². The van der Waals surface area contributed by atoms with E-state index in [1.807, 2.05) is 19.9 Å². The average Bonchev–Trinajstić information content (AvgIpc) is 2.13. The number of aldehydes is 1. The highest BCUT2D eigenvalue weighted by Gasteiger charge is 2.32. The quantitative estimate of drug-likeness (QED) is 0.447. The third-order valence-corrected chi connectivity index (χ3v) is 1.30. The van der Waals surface area contributed by atoms with Crippen LogP contribution in [0.25, 0.3) is 0 Å². The fraction of sp³-hybridized carbons (Fsp3) is 0.500. The number of rotatable bonds is 1. The van der Waals surface area contributed by atoms with Crippen LogP contribution in [0.4, 0.5) is 0 Å². The Morgan fingerprint density at radius 1 is 1.71 bits per heavy atom. The fourth-order valence-electron chi connectivity index (χ4n) is 0.539. The van der Waals surface area contributed by atoms with E-state index in [2.05, 4.69) is 0 Å². The summed E-state index contributed by atoms with van der Waals surface area (Å²) < 4.78 is 0. The van der Waals surface area contributed by atoms with Gasteiger partial charge in [0, 0.05) is 5.41 Å². The molecule has 0 saturated heterocycles. The van der Waals surface area contributed by atoms with E-state index in [0.717, 1.165) is 11.9 Å². The highest BCUT2D eigenvalue weighted by molar-refractivity contribution is 5.82. The van der Waals surface area contributed by atoms with E-state index < -0.39 is 0 Å². The summed E-state index contributed by atoms with van der Waals surface area (Å²) in [4.78, 5) is 9.91. The Balaban J connectivity index is 2.55. The maximum atomic E-state index is 9.91. The summed E-state index contributed by atoms with van der Waals surface area (Å²) in [5.41, 5.74) is 1.08. The Kier molecular flexibility index (Phi) is 0.633. The maximum Gasteiger partial charge on any atom is 0.146 e. The van der Waals surface area contributed by atoms with Crippen LogP contribution in [0.3, 0.4) is 0 Å². The summed E-state index contributed by atoms with van der Waals surface area (Å²) in [5, 5.41) is 0. The van der Waals surface area contributed by atoms with Crippen molar-refractivity contribution in [1.29, 1.82) is 0 Å². The standard InChI is InChI=1S/C6H8O/c1-6(2)3-5(6)4-7/h3-4H,1-2H3. The topological polar surface area (TPSA) is 17.1 Å². The zero-order chi connectivity index (χ0) is 5.49. The molecule has 0 radical (unpaired) electrons. The van der Waals surface area contributed by atoms with E-state index in [0.29, 0.717) is 0 Å². The molecule has 0 bridgehead atoms. The minimum Gasteiger partial charge on any atom is -0.298 e. The van der Waals surface area contributed by atoms with E-state index >= 15 is 0 Å². The zero-order valence-electron chi connectivity index (χ0n) is 4.56. The normalized spacial score (nSPS) is 23.4. The molecule has 1 aliphatic carbocycles. The highest BCUT2D eigenvalue weighted by atomic mass is 16.1. The molecule has 1 aliphatic rings. The molecule has 0 N–H and O–H groups in total. The smallest absolute Gasteiger partial charge is 0.146 e. The lowest BCUT2D eigenvalue weighted by Crippen LogP contribution is -1.89. The van der Waals surface area contributed by atoms with E-state index in [1.54, 1.807) is 0 Å². The van der Waals surface area contributed by atoms with Crippen LogP contribution < -0.4 is 0 Å². The number of carbonyl (C=O) groups excluding carboxylic acids is 1. The molecule has 0 saturated carbocycles. The number of hydrogen-bond acceptors (Lipinski definition) is 1. The minimum atomic E-state index is 0.141. The molecule has 1 heteroatoms. The monoisotopic (exact) mass is 96.1 g/mol. The van der Waals surface area contributed by atoms with Crippen molar-refractivity contribution in [2.45, 2.75) is 13.8 Å². The highest BCUT2D eigenvalue weighted by Crippen LogP contribution is 2.40. The molecule has 0 atom stereocenters. The van der Waals surface area contributed by atoms with Crippen molar-refractivity contribution in [2.24, 2.45) is 5.41 Å². The lowest BCUT2D eigenvalue weighted by molar-refractivity contribution is -0.104. The average molecular weight is 96.1 g/mol. The Labute approximate surface area is 43.0 Å². The van der Waals surface area contributed by atoms with Crippen LogP contribution in [0.2, 0.25) is 0 Å². The van der Waals surface area contributed by atoms with Crippen LogP contribution in [0, 0.1) is 5.41 Å². The van der Waals surface area contributed by atoms with Gasteiger partial charge in [-0.2, -0.15) is 0 Å². The summed E-state index contributed by atoms with van der Waals surface area (Å²) >= 11 is 0. The molecule has 0 aromatic carbocycles.